The maximum absolute atomic E-state index is 14.9. The minimum atomic E-state index is -1.33. The van der Waals surface area contributed by atoms with Gasteiger partial charge in [-0.2, -0.15) is 5.10 Å². The molecule has 0 saturated heterocycles. The third kappa shape index (κ3) is 5.00. The van der Waals surface area contributed by atoms with Gasteiger partial charge in [0.15, 0.2) is 5.75 Å². The summed E-state index contributed by atoms with van der Waals surface area (Å²) in [6.45, 7) is 2.26. The molecule has 0 aliphatic heterocycles. The Kier molecular flexibility index (Phi) is 6.76. The molecule has 0 fully saturated rings. The van der Waals surface area contributed by atoms with Crippen molar-refractivity contribution in [1.29, 1.82) is 0 Å². The monoisotopic (exact) mass is 455 g/mol. The van der Waals surface area contributed by atoms with E-state index in [0.717, 1.165) is 4.68 Å². The lowest BCUT2D eigenvalue weighted by atomic mass is 10.0. The van der Waals surface area contributed by atoms with Crippen molar-refractivity contribution in [2.45, 2.75) is 26.3 Å². The Labute approximate surface area is 187 Å². The van der Waals surface area contributed by atoms with E-state index in [4.69, 9.17) is 5.11 Å². The summed E-state index contributed by atoms with van der Waals surface area (Å²) in [4.78, 5) is 36.0. The van der Waals surface area contributed by atoms with Gasteiger partial charge in [0.2, 0.25) is 0 Å². The second kappa shape index (κ2) is 9.51. The molecule has 0 atom stereocenters. The fourth-order valence-corrected chi connectivity index (χ4v) is 3.25. The van der Waals surface area contributed by atoms with Crippen molar-refractivity contribution in [2.75, 3.05) is 6.54 Å². The number of halogens is 1. The second-order valence-electron chi connectivity index (χ2n) is 7.63. The number of carboxylic acids is 1. The number of hydrogen-bond acceptors (Lipinski definition) is 6. The van der Waals surface area contributed by atoms with Crippen molar-refractivity contribution in [3.8, 4) is 22.6 Å². The Morgan fingerprint density at radius 3 is 2.45 bits per heavy atom. The normalized spacial score (nSPS) is 10.9. The number of aromatic hydroxyl groups is 2. The predicted octanol–water partition coefficient (Wildman–Crippen LogP) is 2.45. The molecule has 0 aliphatic rings. The van der Waals surface area contributed by atoms with Gasteiger partial charge in [-0.1, -0.05) is 44.2 Å². The summed E-state index contributed by atoms with van der Waals surface area (Å²) in [6.07, 6.45) is 0. The summed E-state index contributed by atoms with van der Waals surface area (Å²) in [5.41, 5.74) is -0.688. The molecule has 10 heteroatoms. The molecule has 4 N–H and O–H groups in total. The van der Waals surface area contributed by atoms with Crippen molar-refractivity contribution in [1.82, 2.24) is 15.1 Å². The van der Waals surface area contributed by atoms with Gasteiger partial charge < -0.3 is 20.6 Å². The van der Waals surface area contributed by atoms with E-state index in [0.29, 0.717) is 11.1 Å². The van der Waals surface area contributed by atoms with Crippen LogP contribution in [0.15, 0.2) is 47.3 Å². The highest BCUT2D eigenvalue weighted by Gasteiger charge is 2.25. The van der Waals surface area contributed by atoms with E-state index >= 15 is 0 Å². The Bertz CT molecular complexity index is 1290. The number of amides is 1. The molecule has 3 aromatic rings. The molecule has 0 spiro atoms. The van der Waals surface area contributed by atoms with Crippen LogP contribution in [-0.2, 0) is 11.3 Å². The molecule has 172 valence electrons. The number of nitrogens with one attached hydrogen (secondary N) is 1. The van der Waals surface area contributed by atoms with Gasteiger partial charge in [0.25, 0.3) is 11.5 Å². The molecule has 9 nitrogen and oxygen atoms in total. The summed E-state index contributed by atoms with van der Waals surface area (Å²) >= 11 is 0. The van der Waals surface area contributed by atoms with Gasteiger partial charge in [-0.15, -0.1) is 0 Å². The number of nitrogens with zero attached hydrogens (tertiary/aromatic N) is 2. The van der Waals surface area contributed by atoms with Crippen molar-refractivity contribution in [3.05, 3.63) is 75.5 Å². The van der Waals surface area contributed by atoms with E-state index in [1.165, 1.54) is 18.2 Å². The molecule has 0 bridgehead atoms. The van der Waals surface area contributed by atoms with Crippen LogP contribution in [0.1, 0.15) is 41.4 Å². The van der Waals surface area contributed by atoms with Gasteiger partial charge in [-0.3, -0.25) is 14.4 Å². The van der Waals surface area contributed by atoms with Crippen LogP contribution in [0.2, 0.25) is 0 Å². The lowest BCUT2D eigenvalue weighted by Gasteiger charge is -2.15. The zero-order chi connectivity index (χ0) is 24.3. The number of aromatic nitrogens is 2. The summed E-state index contributed by atoms with van der Waals surface area (Å²) in [5, 5.41) is 35.3. The summed E-state index contributed by atoms with van der Waals surface area (Å²) in [7, 11) is 0. The first-order valence-electron chi connectivity index (χ1n) is 10.0. The van der Waals surface area contributed by atoms with Crippen LogP contribution in [0.3, 0.4) is 0 Å². The lowest BCUT2D eigenvalue weighted by molar-refractivity contribution is -0.135. The first kappa shape index (κ1) is 23.5. The SMILES string of the molecule is CC(C)c1nn(Cc2ccc(-c3ccccc3O)cc2F)c(=O)c(C(=O)NCC(=O)O)c1O. The number of carbonyl (C=O) groups is 2. The number of carbonyl (C=O) groups excluding carboxylic acids is 1. The number of phenolic OH excluding ortho intramolecular Hbond substituents is 1. The van der Waals surface area contributed by atoms with Crippen LogP contribution < -0.4 is 10.9 Å². The summed E-state index contributed by atoms with van der Waals surface area (Å²) < 4.78 is 15.7. The molecule has 0 radical (unpaired) electrons. The van der Waals surface area contributed by atoms with E-state index < -0.39 is 47.0 Å². The Morgan fingerprint density at radius 2 is 1.85 bits per heavy atom. The van der Waals surface area contributed by atoms with Crippen LogP contribution in [0.5, 0.6) is 11.5 Å². The van der Waals surface area contributed by atoms with Gasteiger partial charge >= 0.3 is 5.97 Å². The second-order valence-corrected chi connectivity index (χ2v) is 7.63. The van der Waals surface area contributed by atoms with Gasteiger partial charge in [-0.05, 0) is 17.7 Å². The number of hydrogen-bond donors (Lipinski definition) is 4. The Hall–Kier alpha value is -4.21. The van der Waals surface area contributed by atoms with E-state index in [-0.39, 0.29) is 23.6 Å². The van der Waals surface area contributed by atoms with E-state index in [1.807, 2.05) is 5.32 Å². The van der Waals surface area contributed by atoms with E-state index in [2.05, 4.69) is 5.10 Å². The highest BCUT2D eigenvalue weighted by Crippen LogP contribution is 2.30. The molecule has 1 aromatic heterocycles. The smallest absolute Gasteiger partial charge is 0.322 e. The topological polar surface area (TPSA) is 142 Å². The van der Waals surface area contributed by atoms with Crippen molar-refractivity contribution in [2.24, 2.45) is 0 Å². The number of phenols is 1. The largest absolute Gasteiger partial charge is 0.507 e. The van der Waals surface area contributed by atoms with Crippen LogP contribution in [0.25, 0.3) is 11.1 Å². The van der Waals surface area contributed by atoms with Crippen molar-refractivity contribution in [3.63, 3.8) is 0 Å². The Balaban J connectivity index is 2.03. The molecular weight excluding hydrogens is 433 g/mol. The number of carboxylic acid groups (broad SMARTS) is 1. The summed E-state index contributed by atoms with van der Waals surface area (Å²) in [5.74, 6) is -4.12. The van der Waals surface area contributed by atoms with E-state index in [1.54, 1.807) is 38.1 Å². The number of para-hydroxylation sites is 1. The van der Waals surface area contributed by atoms with Crippen LogP contribution >= 0.6 is 0 Å². The highest BCUT2D eigenvalue weighted by atomic mass is 19.1. The fraction of sp³-hybridized carbons (Fsp3) is 0.217. The molecule has 0 unspecified atom stereocenters. The van der Waals surface area contributed by atoms with Crippen molar-refractivity contribution >= 4 is 11.9 Å². The maximum Gasteiger partial charge on any atom is 0.322 e. The quantitative estimate of drug-likeness (QED) is 0.429. The third-order valence-corrected chi connectivity index (χ3v) is 4.92. The zero-order valence-corrected chi connectivity index (χ0v) is 17.9. The third-order valence-electron chi connectivity index (χ3n) is 4.92. The molecule has 1 amide bonds. The summed E-state index contributed by atoms with van der Waals surface area (Å²) in [6, 6.07) is 10.7. The minimum Gasteiger partial charge on any atom is -0.507 e. The molecule has 0 saturated carbocycles. The van der Waals surface area contributed by atoms with Crippen molar-refractivity contribution < 1.29 is 29.3 Å². The first-order chi connectivity index (χ1) is 15.6. The van der Waals surface area contributed by atoms with Gasteiger partial charge in [-0.25, -0.2) is 9.07 Å². The predicted molar refractivity (Wildman–Crippen MR) is 117 cm³/mol. The average molecular weight is 455 g/mol. The van der Waals surface area contributed by atoms with Crippen LogP contribution in [0.4, 0.5) is 4.39 Å². The highest BCUT2D eigenvalue weighted by molar-refractivity contribution is 5.98. The number of rotatable bonds is 7. The molecule has 0 aliphatic carbocycles. The molecule has 3 rings (SSSR count). The zero-order valence-electron chi connectivity index (χ0n) is 17.9. The number of aliphatic carboxylic acids is 1. The lowest BCUT2D eigenvalue weighted by Crippen LogP contribution is -2.37. The molecule has 33 heavy (non-hydrogen) atoms. The number of benzene rings is 2. The average Bonchev–Trinajstić information content (AvgIpc) is 2.75. The van der Waals surface area contributed by atoms with Gasteiger partial charge in [0, 0.05) is 17.0 Å². The standard InChI is InChI=1S/C23H22FN3O6/c1-12(2)20-21(31)19(22(32)25-10-18(29)30)23(33)27(26-20)11-14-8-7-13(9-16(14)24)15-5-3-4-6-17(15)28/h3-9,12,28,31H,10-11H2,1-2H3,(H,25,32)(H,29,30). The minimum absolute atomic E-state index is 0.0142. The van der Waals surface area contributed by atoms with Crippen LogP contribution in [-0.4, -0.2) is 43.5 Å². The maximum atomic E-state index is 14.9. The fourth-order valence-electron chi connectivity index (χ4n) is 3.25. The van der Waals surface area contributed by atoms with Crippen LogP contribution in [0, 0.1) is 5.82 Å². The van der Waals surface area contributed by atoms with Gasteiger partial charge in [0.1, 0.15) is 29.4 Å². The van der Waals surface area contributed by atoms with Gasteiger partial charge in [0.05, 0.1) is 6.54 Å². The Morgan fingerprint density at radius 1 is 1.15 bits per heavy atom. The molecular formula is C23H22FN3O6. The van der Waals surface area contributed by atoms with E-state index in [9.17, 15) is 29.0 Å². The first-order valence-corrected chi connectivity index (χ1v) is 10.0. The molecule has 1 heterocycles. The molecule has 2 aromatic carbocycles.